The van der Waals surface area contributed by atoms with Gasteiger partial charge in [-0.15, -0.1) is 0 Å². The molecule has 0 amide bonds. The monoisotopic (exact) mass is 452 g/mol. The number of benzene rings is 2. The van der Waals surface area contributed by atoms with E-state index in [1.807, 2.05) is 24.3 Å². The van der Waals surface area contributed by atoms with Crippen molar-refractivity contribution in [1.82, 2.24) is 19.5 Å². The highest BCUT2D eigenvalue weighted by Crippen LogP contribution is 2.29. The van der Waals surface area contributed by atoms with Gasteiger partial charge in [0.15, 0.2) is 0 Å². The first kappa shape index (κ1) is 21.7. The number of hydrogen-bond acceptors (Lipinski definition) is 4. The number of pyridine rings is 1. The molecule has 4 rings (SSSR count). The van der Waals surface area contributed by atoms with Gasteiger partial charge < -0.3 is 4.98 Å². The quantitative estimate of drug-likeness (QED) is 0.450. The summed E-state index contributed by atoms with van der Waals surface area (Å²) in [6.45, 7) is 0.525. The summed E-state index contributed by atoms with van der Waals surface area (Å²) in [5.74, 6) is -0.318. The van der Waals surface area contributed by atoms with Crippen LogP contribution in [-0.4, -0.2) is 29.4 Å². The van der Waals surface area contributed by atoms with Crippen molar-refractivity contribution in [3.8, 4) is 22.4 Å². The molecule has 0 saturated carbocycles. The lowest BCUT2D eigenvalue weighted by molar-refractivity contribution is 0.587. The molecule has 0 fully saturated rings. The van der Waals surface area contributed by atoms with Crippen LogP contribution in [0.3, 0.4) is 0 Å². The Bertz CT molecular complexity index is 1410. The minimum Gasteiger partial charge on any atom is -0.329 e. The first-order chi connectivity index (χ1) is 15.3. The van der Waals surface area contributed by atoms with Crippen LogP contribution in [0.15, 0.2) is 77.9 Å². The van der Waals surface area contributed by atoms with Crippen LogP contribution < -0.4 is 10.3 Å². The Labute approximate surface area is 184 Å². The fourth-order valence-electron chi connectivity index (χ4n) is 3.37. The molecule has 4 aromatic rings. The van der Waals surface area contributed by atoms with Gasteiger partial charge in [0.2, 0.25) is 15.6 Å². The van der Waals surface area contributed by atoms with Crippen LogP contribution in [0.2, 0.25) is 0 Å². The molecule has 2 heterocycles. The molecule has 0 radical (unpaired) electrons. The summed E-state index contributed by atoms with van der Waals surface area (Å²) < 4.78 is 40.8. The van der Waals surface area contributed by atoms with E-state index >= 15 is 0 Å². The Kier molecular flexibility index (Phi) is 6.02. The summed E-state index contributed by atoms with van der Waals surface area (Å²) in [6.07, 6.45) is 4.49. The van der Waals surface area contributed by atoms with Crippen molar-refractivity contribution in [2.24, 2.45) is 0 Å². The van der Waals surface area contributed by atoms with Gasteiger partial charge in [-0.25, -0.2) is 17.5 Å². The van der Waals surface area contributed by atoms with Crippen molar-refractivity contribution in [3.63, 3.8) is 0 Å². The number of H-pyrrole nitrogens is 1. The second-order valence-corrected chi connectivity index (χ2v) is 9.26. The van der Waals surface area contributed by atoms with Gasteiger partial charge >= 0.3 is 0 Å². The van der Waals surface area contributed by atoms with Gasteiger partial charge in [0.25, 0.3) is 0 Å². The zero-order chi connectivity index (χ0) is 22.7. The maximum Gasteiger partial charge on any atom is 0.248 e. The normalized spacial score (nSPS) is 11.6. The molecule has 2 aromatic heterocycles. The molecule has 0 spiro atoms. The van der Waals surface area contributed by atoms with Crippen LogP contribution in [-0.2, 0) is 23.1 Å². The van der Waals surface area contributed by atoms with Crippen molar-refractivity contribution in [2.45, 2.75) is 13.1 Å². The first-order valence-corrected chi connectivity index (χ1v) is 11.7. The Morgan fingerprint density at radius 3 is 2.50 bits per heavy atom. The molecular formula is C23H21FN4O3S. The number of hydrogen-bond donors (Lipinski definition) is 2. The molecule has 2 N–H and O–H groups in total. The third-order valence-corrected chi connectivity index (χ3v) is 5.58. The Hall–Kier alpha value is -3.56. The second kappa shape index (κ2) is 8.89. The lowest BCUT2D eigenvalue weighted by Crippen LogP contribution is -2.21. The highest BCUT2D eigenvalue weighted by Gasteiger charge is 2.13. The van der Waals surface area contributed by atoms with Gasteiger partial charge in [-0.05, 0) is 52.6 Å². The van der Waals surface area contributed by atoms with E-state index in [2.05, 4.69) is 14.8 Å². The minimum absolute atomic E-state index is 0.110. The average Bonchev–Trinajstić information content (AvgIpc) is 3.20. The molecule has 32 heavy (non-hydrogen) atoms. The third kappa shape index (κ3) is 5.37. The molecule has 0 aliphatic rings. The van der Waals surface area contributed by atoms with E-state index in [0.29, 0.717) is 12.2 Å². The zero-order valence-corrected chi connectivity index (χ0v) is 18.1. The van der Waals surface area contributed by atoms with Crippen molar-refractivity contribution >= 4 is 10.0 Å². The van der Waals surface area contributed by atoms with Gasteiger partial charge in [-0.3, -0.25) is 9.48 Å². The summed E-state index contributed by atoms with van der Waals surface area (Å²) in [7, 11) is -3.38. The maximum atomic E-state index is 13.3. The average molecular weight is 453 g/mol. The molecular weight excluding hydrogens is 431 g/mol. The van der Waals surface area contributed by atoms with Crippen molar-refractivity contribution < 1.29 is 12.8 Å². The number of rotatable bonds is 7. The van der Waals surface area contributed by atoms with Gasteiger partial charge in [-0.2, -0.15) is 5.10 Å². The second-order valence-electron chi connectivity index (χ2n) is 7.43. The highest BCUT2D eigenvalue weighted by atomic mass is 32.2. The molecule has 7 nitrogen and oxygen atoms in total. The summed E-state index contributed by atoms with van der Waals surface area (Å²) in [6, 6.07) is 16.9. The fraction of sp³-hybridized carbons (Fsp3) is 0.130. The standard InChI is InChI=1S/C23H21FN4O3S/c1-32(30,31)26-14-19-3-2-18(17-4-6-20(24)7-5-17)13-21(19)22-9-11-28(27-22)15-16-8-10-25-23(29)12-16/h2-13,26H,14-15H2,1H3,(H,25,29). The van der Waals surface area contributed by atoms with Crippen molar-refractivity contribution in [2.75, 3.05) is 6.26 Å². The van der Waals surface area contributed by atoms with E-state index in [-0.39, 0.29) is 17.9 Å². The van der Waals surface area contributed by atoms with Crippen LogP contribution in [0.25, 0.3) is 22.4 Å². The first-order valence-electron chi connectivity index (χ1n) is 9.82. The number of halogens is 1. The summed E-state index contributed by atoms with van der Waals surface area (Å²) >= 11 is 0. The lowest BCUT2D eigenvalue weighted by atomic mass is 9.97. The van der Waals surface area contributed by atoms with Gasteiger partial charge in [0, 0.05) is 30.6 Å². The SMILES string of the molecule is CS(=O)(=O)NCc1ccc(-c2ccc(F)cc2)cc1-c1ccn(Cc2cc[nH]c(=O)c2)n1. The molecule has 2 aromatic carbocycles. The number of sulfonamides is 1. The molecule has 0 unspecified atom stereocenters. The molecule has 164 valence electrons. The van der Waals surface area contributed by atoms with E-state index in [9.17, 15) is 17.6 Å². The number of aromatic amines is 1. The van der Waals surface area contributed by atoms with E-state index in [1.54, 1.807) is 35.3 Å². The third-order valence-electron chi connectivity index (χ3n) is 4.91. The minimum atomic E-state index is -3.38. The molecule has 0 atom stereocenters. The molecule has 0 saturated heterocycles. The van der Waals surface area contributed by atoms with Crippen LogP contribution >= 0.6 is 0 Å². The lowest BCUT2D eigenvalue weighted by Gasteiger charge is -2.11. The molecule has 0 aliphatic heterocycles. The number of nitrogens with zero attached hydrogens (tertiary/aromatic N) is 2. The van der Waals surface area contributed by atoms with E-state index in [1.165, 1.54) is 18.2 Å². The van der Waals surface area contributed by atoms with Crippen LogP contribution in [0.4, 0.5) is 4.39 Å². The Morgan fingerprint density at radius 2 is 1.78 bits per heavy atom. The molecule has 0 aliphatic carbocycles. The van der Waals surface area contributed by atoms with Crippen molar-refractivity contribution in [3.05, 3.63) is 100 Å². The number of nitrogens with one attached hydrogen (secondary N) is 2. The fourth-order valence-corrected chi connectivity index (χ4v) is 3.79. The molecule has 0 bridgehead atoms. The van der Waals surface area contributed by atoms with Gasteiger partial charge in [-0.1, -0.05) is 24.3 Å². The maximum absolute atomic E-state index is 13.3. The summed E-state index contributed by atoms with van der Waals surface area (Å²) in [5.41, 5.74) is 4.48. The van der Waals surface area contributed by atoms with Crippen molar-refractivity contribution in [1.29, 1.82) is 0 Å². The molecule has 9 heteroatoms. The topological polar surface area (TPSA) is 96.9 Å². The van der Waals surface area contributed by atoms with Gasteiger partial charge in [0.1, 0.15) is 5.82 Å². The van der Waals surface area contributed by atoms with Crippen LogP contribution in [0, 0.1) is 5.82 Å². The Morgan fingerprint density at radius 1 is 1.03 bits per heavy atom. The predicted molar refractivity (Wildman–Crippen MR) is 121 cm³/mol. The summed E-state index contributed by atoms with van der Waals surface area (Å²) in [5, 5.41) is 4.63. The van der Waals surface area contributed by atoms with Gasteiger partial charge in [0.05, 0.1) is 18.5 Å². The van der Waals surface area contributed by atoms with E-state index < -0.39 is 10.0 Å². The van der Waals surface area contributed by atoms with E-state index in [0.717, 1.165) is 34.1 Å². The zero-order valence-electron chi connectivity index (χ0n) is 17.2. The van der Waals surface area contributed by atoms with Crippen LogP contribution in [0.5, 0.6) is 0 Å². The largest absolute Gasteiger partial charge is 0.329 e. The Balaban J connectivity index is 1.71. The number of aromatic nitrogens is 3. The van der Waals surface area contributed by atoms with E-state index in [4.69, 9.17) is 0 Å². The summed E-state index contributed by atoms with van der Waals surface area (Å²) in [4.78, 5) is 14.1. The predicted octanol–water partition coefficient (Wildman–Crippen LogP) is 3.14. The van der Waals surface area contributed by atoms with Crippen LogP contribution in [0.1, 0.15) is 11.1 Å². The highest BCUT2D eigenvalue weighted by molar-refractivity contribution is 7.88. The smallest absolute Gasteiger partial charge is 0.248 e.